The lowest BCUT2D eigenvalue weighted by Gasteiger charge is -2.05. The van der Waals surface area contributed by atoms with Gasteiger partial charge in [0.1, 0.15) is 5.75 Å². The lowest BCUT2D eigenvalue weighted by Crippen LogP contribution is -2.19. The van der Waals surface area contributed by atoms with Crippen LogP contribution in [-0.2, 0) is 4.79 Å². The van der Waals surface area contributed by atoms with Crippen molar-refractivity contribution in [3.8, 4) is 5.75 Å². The maximum absolute atomic E-state index is 11.6. The zero-order chi connectivity index (χ0) is 14.1. The van der Waals surface area contributed by atoms with Crippen LogP contribution < -0.4 is 5.43 Å². The first kappa shape index (κ1) is 15.2. The number of carbonyl (C=O) groups is 1. The summed E-state index contributed by atoms with van der Waals surface area (Å²) < 4.78 is 0. The van der Waals surface area contributed by atoms with E-state index in [1.54, 1.807) is 24.3 Å². The molecule has 0 unspecified atom stereocenters. The van der Waals surface area contributed by atoms with E-state index in [1.807, 2.05) is 6.92 Å². The van der Waals surface area contributed by atoms with Crippen molar-refractivity contribution in [1.29, 1.82) is 0 Å². The number of phenols is 1. The van der Waals surface area contributed by atoms with Gasteiger partial charge in [-0.25, -0.2) is 5.43 Å². The Morgan fingerprint density at radius 3 is 2.47 bits per heavy atom. The number of hydrogen-bond donors (Lipinski definition) is 2. The third-order valence-corrected chi connectivity index (χ3v) is 2.86. The highest BCUT2D eigenvalue weighted by Gasteiger charge is 2.03. The van der Waals surface area contributed by atoms with Gasteiger partial charge in [-0.15, -0.1) is 0 Å². The standard InChI is InChI=1S/C15H22N2O2/c1-3-5-6-7-15(19)17-16-14(4-2)12-8-10-13(18)11-9-12/h8-11,18H,3-7H2,1-2H3,(H,17,19). The molecule has 0 atom stereocenters. The zero-order valence-corrected chi connectivity index (χ0v) is 11.6. The van der Waals surface area contributed by atoms with E-state index >= 15 is 0 Å². The lowest BCUT2D eigenvalue weighted by molar-refractivity contribution is -0.121. The van der Waals surface area contributed by atoms with Gasteiger partial charge in [-0.05, 0) is 42.7 Å². The molecule has 4 nitrogen and oxygen atoms in total. The van der Waals surface area contributed by atoms with E-state index in [0.717, 1.165) is 37.0 Å². The van der Waals surface area contributed by atoms with E-state index in [9.17, 15) is 9.90 Å². The van der Waals surface area contributed by atoms with Gasteiger partial charge >= 0.3 is 0 Å². The summed E-state index contributed by atoms with van der Waals surface area (Å²) in [5.74, 6) is 0.181. The molecule has 0 aliphatic heterocycles. The third-order valence-electron chi connectivity index (χ3n) is 2.86. The number of aromatic hydroxyl groups is 1. The monoisotopic (exact) mass is 262 g/mol. The number of hydrogen-bond acceptors (Lipinski definition) is 3. The summed E-state index contributed by atoms with van der Waals surface area (Å²) in [5.41, 5.74) is 4.31. The Morgan fingerprint density at radius 1 is 1.21 bits per heavy atom. The number of nitrogens with one attached hydrogen (secondary N) is 1. The Morgan fingerprint density at radius 2 is 1.89 bits per heavy atom. The fraction of sp³-hybridized carbons (Fsp3) is 0.467. The molecule has 1 aromatic rings. The molecule has 1 amide bonds. The summed E-state index contributed by atoms with van der Waals surface area (Å²) in [6.07, 6.45) is 4.31. The first-order valence-electron chi connectivity index (χ1n) is 6.82. The smallest absolute Gasteiger partial charge is 0.240 e. The normalized spacial score (nSPS) is 11.4. The first-order chi connectivity index (χ1) is 9.17. The second-order valence-electron chi connectivity index (χ2n) is 4.45. The van der Waals surface area contributed by atoms with Gasteiger partial charge in [0.25, 0.3) is 0 Å². The number of phenolic OH excluding ortho intramolecular Hbond substituents is 1. The van der Waals surface area contributed by atoms with Crippen molar-refractivity contribution in [3.63, 3.8) is 0 Å². The molecule has 0 spiro atoms. The molecule has 0 radical (unpaired) electrons. The van der Waals surface area contributed by atoms with Crippen molar-refractivity contribution in [2.45, 2.75) is 46.0 Å². The fourth-order valence-corrected chi connectivity index (χ4v) is 1.72. The zero-order valence-electron chi connectivity index (χ0n) is 11.6. The van der Waals surface area contributed by atoms with Crippen LogP contribution in [0.25, 0.3) is 0 Å². The molecule has 0 aromatic heterocycles. The highest BCUT2D eigenvalue weighted by molar-refractivity contribution is 6.00. The van der Waals surface area contributed by atoms with E-state index in [1.165, 1.54) is 0 Å². The first-order valence-corrected chi connectivity index (χ1v) is 6.82. The lowest BCUT2D eigenvalue weighted by atomic mass is 10.1. The number of benzene rings is 1. The second-order valence-corrected chi connectivity index (χ2v) is 4.45. The average Bonchev–Trinajstić information content (AvgIpc) is 2.41. The molecule has 0 bridgehead atoms. The third kappa shape index (κ3) is 5.55. The summed E-state index contributed by atoms with van der Waals surface area (Å²) in [6, 6.07) is 6.81. The molecule has 1 aromatic carbocycles. The van der Waals surface area contributed by atoms with Crippen molar-refractivity contribution in [1.82, 2.24) is 5.43 Å². The van der Waals surface area contributed by atoms with Crippen molar-refractivity contribution >= 4 is 11.6 Å². The number of rotatable bonds is 7. The van der Waals surface area contributed by atoms with E-state index in [0.29, 0.717) is 6.42 Å². The summed E-state index contributed by atoms with van der Waals surface area (Å²) in [5, 5.41) is 13.4. The predicted molar refractivity (Wildman–Crippen MR) is 77.2 cm³/mol. The molecule has 0 fully saturated rings. The van der Waals surface area contributed by atoms with Crippen LogP contribution in [0, 0.1) is 0 Å². The van der Waals surface area contributed by atoms with Gasteiger partial charge in [-0.2, -0.15) is 5.10 Å². The van der Waals surface area contributed by atoms with Crippen LogP contribution in [0.15, 0.2) is 29.4 Å². The Kier molecular flexibility index (Phi) is 6.64. The summed E-state index contributed by atoms with van der Waals surface area (Å²) in [4.78, 5) is 11.6. The molecule has 0 saturated heterocycles. The number of nitrogens with zero attached hydrogens (tertiary/aromatic N) is 1. The number of hydrazone groups is 1. The molecule has 0 heterocycles. The van der Waals surface area contributed by atoms with Gasteiger partial charge in [0.15, 0.2) is 0 Å². The van der Waals surface area contributed by atoms with Crippen LogP contribution in [0.4, 0.5) is 0 Å². The maximum atomic E-state index is 11.6. The number of carbonyl (C=O) groups excluding carboxylic acids is 1. The van der Waals surface area contributed by atoms with Crippen LogP contribution in [0.3, 0.4) is 0 Å². The highest BCUT2D eigenvalue weighted by Crippen LogP contribution is 2.11. The molecule has 2 N–H and O–H groups in total. The van der Waals surface area contributed by atoms with E-state index in [4.69, 9.17) is 0 Å². The molecular weight excluding hydrogens is 240 g/mol. The van der Waals surface area contributed by atoms with Gasteiger partial charge in [0.05, 0.1) is 5.71 Å². The van der Waals surface area contributed by atoms with Crippen LogP contribution in [0.5, 0.6) is 5.75 Å². The Bertz CT molecular complexity index is 424. The molecular formula is C15H22N2O2. The van der Waals surface area contributed by atoms with Crippen LogP contribution in [0.2, 0.25) is 0 Å². The van der Waals surface area contributed by atoms with Gasteiger partial charge in [-0.1, -0.05) is 26.7 Å². The minimum atomic E-state index is -0.0434. The van der Waals surface area contributed by atoms with Crippen LogP contribution in [-0.4, -0.2) is 16.7 Å². The Hall–Kier alpha value is -1.84. The van der Waals surface area contributed by atoms with Gasteiger partial charge < -0.3 is 5.11 Å². The van der Waals surface area contributed by atoms with Crippen LogP contribution in [0.1, 0.15) is 51.5 Å². The molecule has 0 saturated carbocycles. The minimum absolute atomic E-state index is 0.0434. The molecule has 19 heavy (non-hydrogen) atoms. The van der Waals surface area contributed by atoms with Gasteiger partial charge in [-0.3, -0.25) is 4.79 Å². The van der Waals surface area contributed by atoms with E-state index in [-0.39, 0.29) is 11.7 Å². The predicted octanol–water partition coefficient (Wildman–Crippen LogP) is 3.20. The molecule has 0 aliphatic rings. The van der Waals surface area contributed by atoms with Gasteiger partial charge in [0, 0.05) is 6.42 Å². The Labute approximate surface area is 114 Å². The molecule has 0 aliphatic carbocycles. The second kappa shape index (κ2) is 8.29. The highest BCUT2D eigenvalue weighted by atomic mass is 16.3. The average molecular weight is 262 g/mol. The van der Waals surface area contributed by atoms with E-state index in [2.05, 4.69) is 17.5 Å². The largest absolute Gasteiger partial charge is 0.508 e. The molecule has 104 valence electrons. The van der Waals surface area contributed by atoms with E-state index < -0.39 is 0 Å². The maximum Gasteiger partial charge on any atom is 0.240 e. The van der Waals surface area contributed by atoms with Crippen molar-refractivity contribution in [2.75, 3.05) is 0 Å². The van der Waals surface area contributed by atoms with Crippen molar-refractivity contribution < 1.29 is 9.90 Å². The summed E-state index contributed by atoms with van der Waals surface area (Å²) >= 11 is 0. The molecule has 1 rings (SSSR count). The summed E-state index contributed by atoms with van der Waals surface area (Å²) in [7, 11) is 0. The quantitative estimate of drug-likeness (QED) is 0.450. The topological polar surface area (TPSA) is 61.7 Å². The summed E-state index contributed by atoms with van der Waals surface area (Å²) in [6.45, 7) is 4.09. The van der Waals surface area contributed by atoms with Crippen molar-refractivity contribution in [2.24, 2.45) is 5.10 Å². The van der Waals surface area contributed by atoms with Gasteiger partial charge in [0.2, 0.25) is 5.91 Å². The number of amides is 1. The Balaban J connectivity index is 2.57. The number of unbranched alkanes of at least 4 members (excludes halogenated alkanes) is 2. The van der Waals surface area contributed by atoms with Crippen LogP contribution >= 0.6 is 0 Å². The SMILES string of the molecule is CCCCCC(=O)NN=C(CC)c1ccc(O)cc1. The molecule has 4 heteroatoms. The fourth-order valence-electron chi connectivity index (χ4n) is 1.72. The van der Waals surface area contributed by atoms with Crippen molar-refractivity contribution in [3.05, 3.63) is 29.8 Å². The minimum Gasteiger partial charge on any atom is -0.508 e.